The minimum absolute atomic E-state index is 0.462. The van der Waals surface area contributed by atoms with Gasteiger partial charge in [-0.3, -0.25) is 0 Å². The standard InChI is InChI=1S/C10H11N3O2/c11-10(15)13-12-9-7-4-2-1-3-6(7)5-8(9)14/h1-4,8,14H,5H2,(H3,11,13,15). The van der Waals surface area contributed by atoms with Crippen LogP contribution in [0, 0.1) is 0 Å². The number of carbonyl (C=O) groups excluding carboxylic acids is 1. The van der Waals surface area contributed by atoms with E-state index in [4.69, 9.17) is 5.73 Å². The Bertz CT molecular complexity index is 428. The van der Waals surface area contributed by atoms with Crippen LogP contribution in [0.5, 0.6) is 0 Å². The molecule has 0 spiro atoms. The molecule has 2 amide bonds. The second-order valence-corrected chi connectivity index (χ2v) is 3.35. The molecule has 0 radical (unpaired) electrons. The Morgan fingerprint density at radius 2 is 2.27 bits per heavy atom. The molecular formula is C10H11N3O2. The number of primary amides is 1. The number of urea groups is 1. The highest BCUT2D eigenvalue weighted by atomic mass is 16.3. The van der Waals surface area contributed by atoms with Gasteiger partial charge in [-0.2, -0.15) is 5.10 Å². The van der Waals surface area contributed by atoms with Gasteiger partial charge in [-0.15, -0.1) is 0 Å². The molecule has 4 N–H and O–H groups in total. The number of amides is 2. The fourth-order valence-electron chi connectivity index (χ4n) is 1.68. The number of hydrazone groups is 1. The van der Waals surface area contributed by atoms with Crippen molar-refractivity contribution in [1.82, 2.24) is 5.43 Å². The van der Waals surface area contributed by atoms with Crippen LogP contribution in [-0.4, -0.2) is 23.0 Å². The van der Waals surface area contributed by atoms with E-state index in [9.17, 15) is 9.90 Å². The van der Waals surface area contributed by atoms with E-state index in [1.807, 2.05) is 24.3 Å². The third-order valence-corrected chi connectivity index (χ3v) is 2.31. The van der Waals surface area contributed by atoms with Gasteiger partial charge in [0.05, 0.1) is 5.71 Å². The number of nitrogens with one attached hydrogen (secondary N) is 1. The summed E-state index contributed by atoms with van der Waals surface area (Å²) in [4.78, 5) is 10.5. The highest BCUT2D eigenvalue weighted by Gasteiger charge is 2.26. The second kappa shape index (κ2) is 3.70. The first-order valence-corrected chi connectivity index (χ1v) is 4.58. The monoisotopic (exact) mass is 205 g/mol. The fraction of sp³-hybridized carbons (Fsp3) is 0.200. The molecule has 1 aliphatic rings. The average Bonchev–Trinajstić information content (AvgIpc) is 2.50. The molecule has 1 atom stereocenters. The first-order valence-electron chi connectivity index (χ1n) is 4.58. The highest BCUT2D eigenvalue weighted by Crippen LogP contribution is 2.22. The number of carbonyl (C=O) groups is 1. The normalized spacial score (nSPS) is 21.4. The van der Waals surface area contributed by atoms with Gasteiger partial charge >= 0.3 is 6.03 Å². The lowest BCUT2D eigenvalue weighted by atomic mass is 10.1. The lowest BCUT2D eigenvalue weighted by Crippen LogP contribution is -2.28. The van der Waals surface area contributed by atoms with Crippen LogP contribution in [0.4, 0.5) is 4.79 Å². The number of nitrogens with two attached hydrogens (primary N) is 1. The van der Waals surface area contributed by atoms with Crippen molar-refractivity contribution in [3.8, 4) is 0 Å². The van der Waals surface area contributed by atoms with E-state index in [2.05, 4.69) is 10.5 Å². The predicted molar refractivity (Wildman–Crippen MR) is 55.4 cm³/mol. The van der Waals surface area contributed by atoms with E-state index < -0.39 is 12.1 Å². The fourth-order valence-corrected chi connectivity index (χ4v) is 1.68. The van der Waals surface area contributed by atoms with Gasteiger partial charge in [0.25, 0.3) is 0 Å². The van der Waals surface area contributed by atoms with Crippen LogP contribution in [0.1, 0.15) is 11.1 Å². The summed E-state index contributed by atoms with van der Waals surface area (Å²) >= 11 is 0. The Hall–Kier alpha value is -1.88. The molecule has 1 aromatic carbocycles. The zero-order chi connectivity index (χ0) is 10.8. The number of benzene rings is 1. The maximum absolute atomic E-state index is 10.5. The van der Waals surface area contributed by atoms with Crippen LogP contribution in [0.3, 0.4) is 0 Å². The number of nitrogens with zero attached hydrogens (tertiary/aromatic N) is 1. The van der Waals surface area contributed by atoms with Gasteiger partial charge in [0.15, 0.2) is 0 Å². The van der Waals surface area contributed by atoms with Crippen LogP contribution in [-0.2, 0) is 6.42 Å². The van der Waals surface area contributed by atoms with Crippen LogP contribution in [0.25, 0.3) is 0 Å². The van der Waals surface area contributed by atoms with Crippen LogP contribution < -0.4 is 11.2 Å². The third-order valence-electron chi connectivity index (χ3n) is 2.31. The van der Waals surface area contributed by atoms with Crippen LogP contribution >= 0.6 is 0 Å². The first kappa shape index (κ1) is 9.67. The molecule has 0 aliphatic heterocycles. The molecule has 0 aromatic heterocycles. The number of rotatable bonds is 1. The van der Waals surface area contributed by atoms with Gasteiger partial charge in [0.1, 0.15) is 6.10 Å². The van der Waals surface area contributed by atoms with E-state index in [1.54, 1.807) is 0 Å². The summed E-state index contributed by atoms with van der Waals surface area (Å²) in [6.07, 6.45) is -0.149. The van der Waals surface area contributed by atoms with Gasteiger partial charge in [0.2, 0.25) is 0 Å². The van der Waals surface area contributed by atoms with E-state index in [0.717, 1.165) is 11.1 Å². The highest BCUT2D eigenvalue weighted by molar-refractivity contribution is 6.07. The second-order valence-electron chi connectivity index (χ2n) is 3.35. The molecule has 0 saturated carbocycles. The Balaban J connectivity index is 2.33. The molecule has 1 unspecified atom stereocenters. The van der Waals surface area contributed by atoms with E-state index in [-0.39, 0.29) is 0 Å². The summed E-state index contributed by atoms with van der Waals surface area (Å²) in [5, 5.41) is 13.5. The number of aliphatic hydroxyl groups is 1. The van der Waals surface area contributed by atoms with Crippen LogP contribution in [0.15, 0.2) is 29.4 Å². The summed E-state index contributed by atoms with van der Waals surface area (Å²) in [7, 11) is 0. The van der Waals surface area contributed by atoms with Crippen molar-refractivity contribution < 1.29 is 9.90 Å². The van der Waals surface area contributed by atoms with Crippen molar-refractivity contribution in [2.45, 2.75) is 12.5 Å². The zero-order valence-corrected chi connectivity index (χ0v) is 7.97. The van der Waals surface area contributed by atoms with Gasteiger partial charge in [-0.05, 0) is 5.56 Å². The van der Waals surface area contributed by atoms with Crippen LogP contribution in [0.2, 0.25) is 0 Å². The summed E-state index contributed by atoms with van der Waals surface area (Å²) in [5.74, 6) is 0. The quantitative estimate of drug-likeness (QED) is 0.562. The molecular weight excluding hydrogens is 194 g/mol. The molecule has 5 heteroatoms. The topological polar surface area (TPSA) is 87.7 Å². The Morgan fingerprint density at radius 3 is 3.00 bits per heavy atom. The summed E-state index contributed by atoms with van der Waals surface area (Å²) < 4.78 is 0. The van der Waals surface area contributed by atoms with E-state index in [0.29, 0.717) is 12.1 Å². The molecule has 1 aliphatic carbocycles. The van der Waals surface area contributed by atoms with Crippen molar-refractivity contribution in [2.24, 2.45) is 10.8 Å². The van der Waals surface area contributed by atoms with Crippen molar-refractivity contribution in [3.63, 3.8) is 0 Å². The minimum Gasteiger partial charge on any atom is -0.386 e. The first-order chi connectivity index (χ1) is 7.18. The van der Waals surface area contributed by atoms with Gasteiger partial charge in [0, 0.05) is 12.0 Å². The van der Waals surface area contributed by atoms with Gasteiger partial charge in [-0.1, -0.05) is 24.3 Å². The van der Waals surface area contributed by atoms with Gasteiger partial charge < -0.3 is 10.8 Å². The predicted octanol–water partition coefficient (Wildman–Crippen LogP) is -0.0240. The number of aliphatic hydroxyl groups excluding tert-OH is 1. The molecule has 0 heterocycles. The minimum atomic E-state index is -0.737. The molecule has 0 bridgehead atoms. The molecule has 1 aromatic rings. The Labute approximate surface area is 86.6 Å². The molecule has 78 valence electrons. The lowest BCUT2D eigenvalue weighted by molar-refractivity contribution is 0.244. The Kier molecular flexibility index (Phi) is 2.39. The number of hydrogen-bond acceptors (Lipinski definition) is 3. The number of fused-ring (bicyclic) bond motifs is 1. The van der Waals surface area contributed by atoms with Crippen molar-refractivity contribution in [1.29, 1.82) is 0 Å². The summed E-state index contributed by atoms with van der Waals surface area (Å²) in [5.41, 5.74) is 9.37. The lowest BCUT2D eigenvalue weighted by Gasteiger charge is -2.03. The van der Waals surface area contributed by atoms with Crippen molar-refractivity contribution in [3.05, 3.63) is 35.4 Å². The van der Waals surface area contributed by atoms with E-state index in [1.165, 1.54) is 0 Å². The molecule has 0 fully saturated rings. The maximum Gasteiger partial charge on any atom is 0.332 e. The largest absolute Gasteiger partial charge is 0.386 e. The molecule has 5 nitrogen and oxygen atoms in total. The van der Waals surface area contributed by atoms with Crippen molar-refractivity contribution >= 4 is 11.7 Å². The van der Waals surface area contributed by atoms with E-state index >= 15 is 0 Å². The molecule has 0 saturated heterocycles. The average molecular weight is 205 g/mol. The number of hydrogen-bond donors (Lipinski definition) is 3. The smallest absolute Gasteiger partial charge is 0.332 e. The maximum atomic E-state index is 10.5. The molecule has 15 heavy (non-hydrogen) atoms. The summed E-state index contributed by atoms with van der Waals surface area (Å²) in [6.45, 7) is 0. The van der Waals surface area contributed by atoms with Crippen molar-refractivity contribution in [2.75, 3.05) is 0 Å². The Morgan fingerprint density at radius 1 is 1.53 bits per heavy atom. The third kappa shape index (κ3) is 1.82. The van der Waals surface area contributed by atoms with Gasteiger partial charge in [-0.25, -0.2) is 10.2 Å². The SMILES string of the molecule is NC(=O)NN=C1c2ccccc2CC1O. The zero-order valence-electron chi connectivity index (χ0n) is 7.97. The molecule has 2 rings (SSSR count). The summed E-state index contributed by atoms with van der Waals surface area (Å²) in [6, 6.07) is 6.80.